The summed E-state index contributed by atoms with van der Waals surface area (Å²) in [6.45, 7) is 0. The molecule has 10 rings (SSSR count). The van der Waals surface area contributed by atoms with Crippen molar-refractivity contribution in [3.05, 3.63) is 222 Å². The smallest absolute Gasteiger partial charge is 0.132 e. The number of rotatable bonds is 5. The number of fused-ring (bicyclic) bond motifs is 5. The average Bonchev–Trinajstić information content (AvgIpc) is 3.54. The van der Waals surface area contributed by atoms with Crippen LogP contribution in [0.15, 0.2) is 200 Å². The van der Waals surface area contributed by atoms with Crippen LogP contribution in [0.2, 0.25) is 0 Å². The normalized spacial score (nSPS) is 13.0. The highest BCUT2D eigenvalue weighted by Crippen LogP contribution is 2.55. The maximum Gasteiger partial charge on any atom is 0.132 e. The lowest BCUT2D eigenvalue weighted by molar-refractivity contribution is 0.434. The van der Waals surface area contributed by atoms with E-state index in [1.165, 1.54) is 44.1 Å². The number of ether oxygens (including phenoxy) is 1. The molecule has 2 heteroatoms. The second kappa shape index (κ2) is 11.8. The number of nitrogens with zero attached hydrogens (tertiary/aromatic N) is 1. The van der Waals surface area contributed by atoms with Crippen molar-refractivity contribution in [2.24, 2.45) is 0 Å². The monoisotopic (exact) mass is 651 g/mol. The highest BCUT2D eigenvalue weighted by Gasteiger charge is 2.45. The molecule has 9 aromatic rings. The zero-order valence-corrected chi connectivity index (χ0v) is 27.9. The van der Waals surface area contributed by atoms with E-state index < -0.39 is 5.41 Å². The SMILES string of the molecule is c1ccc(-n2c3ccccc3c3ccc(-c4ccc(-c5ccc6c(c5)C(c5ccccc5)(c5ccccc5)c5ccccc5O6)cc4)cc32)cc1. The number of aromatic nitrogens is 1. The minimum Gasteiger partial charge on any atom is -0.457 e. The van der Waals surface area contributed by atoms with Crippen LogP contribution < -0.4 is 4.74 Å². The lowest BCUT2D eigenvalue weighted by Crippen LogP contribution is -2.34. The number of hydrogen-bond acceptors (Lipinski definition) is 1. The lowest BCUT2D eigenvalue weighted by atomic mass is 9.63. The first kappa shape index (κ1) is 29.3. The van der Waals surface area contributed by atoms with Gasteiger partial charge in [-0.1, -0.05) is 158 Å². The summed E-state index contributed by atoms with van der Waals surface area (Å²) in [7, 11) is 0. The van der Waals surface area contributed by atoms with E-state index in [9.17, 15) is 0 Å². The van der Waals surface area contributed by atoms with E-state index >= 15 is 0 Å². The molecular formula is C49H33NO. The summed E-state index contributed by atoms with van der Waals surface area (Å²) >= 11 is 0. The topological polar surface area (TPSA) is 14.2 Å². The maximum absolute atomic E-state index is 6.64. The molecular weight excluding hydrogens is 619 g/mol. The molecule has 0 radical (unpaired) electrons. The Bertz CT molecular complexity index is 2650. The zero-order chi connectivity index (χ0) is 33.8. The third-order valence-corrected chi connectivity index (χ3v) is 10.5. The van der Waals surface area contributed by atoms with Gasteiger partial charge in [0.25, 0.3) is 0 Å². The van der Waals surface area contributed by atoms with Crippen molar-refractivity contribution in [2.75, 3.05) is 0 Å². The van der Waals surface area contributed by atoms with Crippen LogP contribution in [0.1, 0.15) is 22.3 Å². The molecule has 240 valence electrons. The van der Waals surface area contributed by atoms with Gasteiger partial charge in [-0.25, -0.2) is 0 Å². The molecule has 2 nitrogen and oxygen atoms in total. The Morgan fingerprint density at radius 1 is 0.353 bits per heavy atom. The van der Waals surface area contributed by atoms with E-state index in [1.54, 1.807) is 0 Å². The van der Waals surface area contributed by atoms with E-state index in [1.807, 2.05) is 0 Å². The number of para-hydroxylation sites is 3. The van der Waals surface area contributed by atoms with E-state index in [-0.39, 0.29) is 0 Å². The molecule has 0 saturated carbocycles. The number of benzene rings is 8. The van der Waals surface area contributed by atoms with Crippen LogP contribution >= 0.6 is 0 Å². The molecule has 0 fully saturated rings. The van der Waals surface area contributed by atoms with Gasteiger partial charge in [-0.15, -0.1) is 0 Å². The van der Waals surface area contributed by atoms with Crippen LogP contribution in [-0.2, 0) is 5.41 Å². The van der Waals surface area contributed by atoms with Crippen LogP contribution in [0.25, 0.3) is 49.7 Å². The second-order valence-corrected chi connectivity index (χ2v) is 13.3. The first-order valence-corrected chi connectivity index (χ1v) is 17.5. The Morgan fingerprint density at radius 3 is 1.57 bits per heavy atom. The summed E-state index contributed by atoms with van der Waals surface area (Å²) in [5.41, 5.74) is 12.4. The predicted octanol–water partition coefficient (Wildman–Crippen LogP) is 12.6. The van der Waals surface area contributed by atoms with Crippen LogP contribution in [0, 0.1) is 0 Å². The van der Waals surface area contributed by atoms with Crippen molar-refractivity contribution in [1.82, 2.24) is 4.57 Å². The molecule has 0 aliphatic carbocycles. The zero-order valence-electron chi connectivity index (χ0n) is 27.9. The standard InChI is InChI=1S/C49H33NO/c1-4-14-38(15-5-1)49(39-16-6-2-7-17-39)43-21-11-13-23-47(43)51-48-31-29-36(32-44(48)49)34-24-26-35(27-25-34)37-28-30-42-41-20-10-12-22-45(41)50(46(42)33-37)40-18-8-3-9-19-40/h1-33H. The minimum atomic E-state index is -0.546. The molecule has 51 heavy (non-hydrogen) atoms. The Hall–Kier alpha value is -6.64. The van der Waals surface area contributed by atoms with E-state index in [2.05, 4.69) is 205 Å². The summed E-state index contributed by atoms with van der Waals surface area (Å²) in [4.78, 5) is 0. The molecule has 0 N–H and O–H groups in total. The van der Waals surface area contributed by atoms with Gasteiger partial charge in [0.15, 0.2) is 0 Å². The summed E-state index contributed by atoms with van der Waals surface area (Å²) in [6, 6.07) is 72.0. The van der Waals surface area contributed by atoms with Gasteiger partial charge >= 0.3 is 0 Å². The molecule has 0 saturated heterocycles. The molecule has 8 aromatic carbocycles. The Labute approximate surface area is 297 Å². The molecule has 0 bridgehead atoms. The molecule has 1 aromatic heterocycles. The summed E-state index contributed by atoms with van der Waals surface area (Å²) < 4.78 is 9.02. The van der Waals surface area contributed by atoms with Crippen molar-refractivity contribution in [1.29, 1.82) is 0 Å². The summed E-state index contributed by atoms with van der Waals surface area (Å²) in [5.74, 6) is 1.77. The molecule has 1 aliphatic rings. The van der Waals surface area contributed by atoms with Gasteiger partial charge in [-0.2, -0.15) is 0 Å². The van der Waals surface area contributed by atoms with Gasteiger partial charge in [-0.3, -0.25) is 0 Å². The fraction of sp³-hybridized carbons (Fsp3) is 0.0204. The quantitative estimate of drug-likeness (QED) is 0.181. The van der Waals surface area contributed by atoms with Crippen LogP contribution in [0.5, 0.6) is 11.5 Å². The number of hydrogen-bond donors (Lipinski definition) is 0. The van der Waals surface area contributed by atoms with E-state index in [0.717, 1.165) is 39.4 Å². The first-order valence-electron chi connectivity index (χ1n) is 17.5. The van der Waals surface area contributed by atoms with Crippen molar-refractivity contribution in [2.45, 2.75) is 5.41 Å². The third-order valence-electron chi connectivity index (χ3n) is 10.5. The lowest BCUT2D eigenvalue weighted by Gasteiger charge is -2.41. The molecule has 0 atom stereocenters. The van der Waals surface area contributed by atoms with Gasteiger partial charge in [0.1, 0.15) is 11.5 Å². The summed E-state index contributed by atoms with van der Waals surface area (Å²) in [5, 5.41) is 2.52. The van der Waals surface area contributed by atoms with Crippen molar-refractivity contribution < 1.29 is 4.74 Å². The van der Waals surface area contributed by atoms with Crippen LogP contribution in [-0.4, -0.2) is 4.57 Å². The van der Waals surface area contributed by atoms with Gasteiger partial charge in [-0.05, 0) is 75.8 Å². The van der Waals surface area contributed by atoms with Gasteiger partial charge in [0.2, 0.25) is 0 Å². The maximum atomic E-state index is 6.64. The molecule has 2 heterocycles. The van der Waals surface area contributed by atoms with Crippen molar-refractivity contribution in [3.8, 4) is 39.4 Å². The molecule has 0 amide bonds. The van der Waals surface area contributed by atoms with Crippen molar-refractivity contribution >= 4 is 21.8 Å². The molecule has 0 spiro atoms. The summed E-state index contributed by atoms with van der Waals surface area (Å²) in [6.07, 6.45) is 0. The largest absolute Gasteiger partial charge is 0.457 e. The molecule has 1 aliphatic heterocycles. The fourth-order valence-corrected chi connectivity index (χ4v) is 8.25. The Morgan fingerprint density at radius 2 is 0.863 bits per heavy atom. The first-order chi connectivity index (χ1) is 25.3. The predicted molar refractivity (Wildman–Crippen MR) is 210 cm³/mol. The van der Waals surface area contributed by atoms with E-state index in [4.69, 9.17) is 4.74 Å². The van der Waals surface area contributed by atoms with E-state index in [0.29, 0.717) is 0 Å². The average molecular weight is 652 g/mol. The minimum absolute atomic E-state index is 0.546. The van der Waals surface area contributed by atoms with Crippen LogP contribution in [0.4, 0.5) is 0 Å². The fourth-order valence-electron chi connectivity index (χ4n) is 8.25. The third kappa shape index (κ3) is 4.57. The van der Waals surface area contributed by atoms with Gasteiger partial charge in [0.05, 0.1) is 16.4 Å². The highest BCUT2D eigenvalue weighted by molar-refractivity contribution is 6.10. The second-order valence-electron chi connectivity index (χ2n) is 13.3. The molecule has 0 unspecified atom stereocenters. The highest BCUT2D eigenvalue weighted by atomic mass is 16.5. The van der Waals surface area contributed by atoms with Crippen LogP contribution in [0.3, 0.4) is 0 Å². The van der Waals surface area contributed by atoms with Gasteiger partial charge in [0, 0.05) is 27.6 Å². The van der Waals surface area contributed by atoms with Gasteiger partial charge < -0.3 is 9.30 Å². The Kier molecular flexibility index (Phi) is 6.75. The van der Waals surface area contributed by atoms with Crippen molar-refractivity contribution in [3.63, 3.8) is 0 Å². The Balaban J connectivity index is 1.10.